The summed E-state index contributed by atoms with van der Waals surface area (Å²) >= 11 is 0. The van der Waals surface area contributed by atoms with Gasteiger partial charge in [0.25, 0.3) is 0 Å². The molecule has 0 spiro atoms. The van der Waals surface area contributed by atoms with Crippen LogP contribution in [-0.2, 0) is 25.4 Å². The molecule has 0 aliphatic carbocycles. The van der Waals surface area contributed by atoms with E-state index in [0.29, 0.717) is 18.7 Å². The summed E-state index contributed by atoms with van der Waals surface area (Å²) in [4.78, 5) is 0. The summed E-state index contributed by atoms with van der Waals surface area (Å²) in [6.45, 7) is 2.10. The molecular weight excluding hydrogens is 326 g/mol. The van der Waals surface area contributed by atoms with Gasteiger partial charge in [0, 0.05) is 13.1 Å². The largest absolute Gasteiger partial charge is 0.416 e. The first-order chi connectivity index (χ1) is 10.6. The molecule has 2 rings (SSSR count). The lowest BCUT2D eigenvalue weighted by Gasteiger charge is -2.14. The lowest BCUT2D eigenvalue weighted by molar-refractivity contribution is -0.143. The molecule has 0 aliphatic rings. The number of alkyl halides is 6. The van der Waals surface area contributed by atoms with Crippen molar-refractivity contribution in [2.75, 3.05) is 5.32 Å². The van der Waals surface area contributed by atoms with Gasteiger partial charge in [-0.1, -0.05) is 5.21 Å². The molecule has 1 heterocycles. The van der Waals surface area contributed by atoms with Gasteiger partial charge < -0.3 is 5.32 Å². The lowest BCUT2D eigenvalue weighted by atomic mass is 10.0. The molecule has 4 nitrogen and oxygen atoms in total. The molecule has 0 radical (unpaired) electrons. The highest BCUT2D eigenvalue weighted by molar-refractivity contribution is 5.37. The highest BCUT2D eigenvalue weighted by Crippen LogP contribution is 2.36. The zero-order chi connectivity index (χ0) is 17.3. The monoisotopic (exact) mass is 338 g/mol. The number of aryl methyl sites for hydroxylation is 1. The van der Waals surface area contributed by atoms with Crippen molar-refractivity contribution < 1.29 is 26.3 Å². The topological polar surface area (TPSA) is 42.7 Å². The van der Waals surface area contributed by atoms with Gasteiger partial charge in [0.15, 0.2) is 5.82 Å². The van der Waals surface area contributed by atoms with Crippen molar-refractivity contribution in [3.63, 3.8) is 0 Å². The lowest BCUT2D eigenvalue weighted by Crippen LogP contribution is -2.13. The number of nitrogens with zero attached hydrogens (tertiary/aromatic N) is 3. The zero-order valence-electron chi connectivity index (χ0n) is 11.8. The molecule has 1 N–H and O–H groups in total. The first-order valence-corrected chi connectivity index (χ1v) is 6.52. The van der Waals surface area contributed by atoms with Crippen LogP contribution in [0.2, 0.25) is 0 Å². The molecule has 0 saturated carbocycles. The van der Waals surface area contributed by atoms with Crippen molar-refractivity contribution in [3.05, 3.63) is 41.1 Å². The summed E-state index contributed by atoms with van der Waals surface area (Å²) in [5.41, 5.74) is -2.85. The van der Waals surface area contributed by atoms with Crippen LogP contribution in [0.15, 0.2) is 24.4 Å². The van der Waals surface area contributed by atoms with Crippen LogP contribution in [-0.4, -0.2) is 15.0 Å². The van der Waals surface area contributed by atoms with Gasteiger partial charge in [0.2, 0.25) is 0 Å². The second kappa shape index (κ2) is 6.09. The van der Waals surface area contributed by atoms with Gasteiger partial charge in [-0.15, -0.1) is 5.10 Å². The van der Waals surface area contributed by atoms with Gasteiger partial charge in [0.05, 0.1) is 17.3 Å². The summed E-state index contributed by atoms with van der Waals surface area (Å²) in [5.74, 6) is 0.262. The van der Waals surface area contributed by atoms with Crippen molar-refractivity contribution in [1.29, 1.82) is 0 Å². The Morgan fingerprint density at radius 3 is 2.00 bits per heavy atom. The molecule has 1 aromatic carbocycles. The predicted octanol–water partition coefficient (Wildman–Crippen LogP) is 3.95. The van der Waals surface area contributed by atoms with Crippen molar-refractivity contribution in [3.8, 4) is 0 Å². The molecule has 0 bridgehead atoms. The molecule has 10 heteroatoms. The van der Waals surface area contributed by atoms with Gasteiger partial charge in [0.1, 0.15) is 0 Å². The van der Waals surface area contributed by atoms with Gasteiger partial charge in [-0.2, -0.15) is 26.3 Å². The van der Waals surface area contributed by atoms with Crippen molar-refractivity contribution in [1.82, 2.24) is 15.0 Å². The Bertz CT molecular complexity index is 642. The Morgan fingerprint density at radius 2 is 1.57 bits per heavy atom. The fraction of sp³-hybridized carbons (Fsp3) is 0.385. The van der Waals surface area contributed by atoms with Gasteiger partial charge in [-0.25, -0.2) is 0 Å². The molecule has 0 saturated heterocycles. The highest BCUT2D eigenvalue weighted by atomic mass is 19.4. The van der Waals surface area contributed by atoms with Gasteiger partial charge in [-0.05, 0) is 30.7 Å². The Morgan fingerprint density at radius 1 is 1.00 bits per heavy atom. The molecule has 0 atom stereocenters. The Kier molecular flexibility index (Phi) is 4.53. The minimum Gasteiger partial charge on any atom is -0.363 e. The van der Waals surface area contributed by atoms with E-state index in [1.807, 2.05) is 0 Å². The van der Waals surface area contributed by atoms with E-state index in [2.05, 4.69) is 15.6 Å². The van der Waals surface area contributed by atoms with Crippen molar-refractivity contribution in [2.24, 2.45) is 0 Å². The molecule has 0 unspecified atom stereocenters. The molecule has 23 heavy (non-hydrogen) atoms. The van der Waals surface area contributed by atoms with E-state index in [-0.39, 0.29) is 24.0 Å². The second-order valence-electron chi connectivity index (χ2n) is 4.73. The van der Waals surface area contributed by atoms with E-state index in [4.69, 9.17) is 0 Å². The SMILES string of the molecule is CCn1cc(NCc2cc(C(F)(F)F)cc(C(F)(F)F)c2)nn1. The summed E-state index contributed by atoms with van der Waals surface area (Å²) in [6, 6.07) is 1.44. The van der Waals surface area contributed by atoms with E-state index in [1.54, 1.807) is 6.92 Å². The molecule has 0 aliphatic heterocycles. The smallest absolute Gasteiger partial charge is 0.363 e. The third-order valence-electron chi connectivity index (χ3n) is 2.98. The van der Waals surface area contributed by atoms with Gasteiger partial charge in [-0.3, -0.25) is 4.68 Å². The maximum Gasteiger partial charge on any atom is 0.416 e. The quantitative estimate of drug-likeness (QED) is 0.859. The van der Waals surface area contributed by atoms with Crippen LogP contribution in [0.4, 0.5) is 32.2 Å². The fourth-order valence-electron chi connectivity index (χ4n) is 1.85. The standard InChI is InChI=1S/C13H12F6N4/c1-2-23-7-11(21-22-23)20-6-8-3-9(12(14,15)16)5-10(4-8)13(17,18)19/h3-5,7,20H,2,6H2,1H3. The molecule has 0 amide bonds. The highest BCUT2D eigenvalue weighted by Gasteiger charge is 2.36. The van der Waals surface area contributed by atoms with Crippen LogP contribution in [0.25, 0.3) is 0 Å². The zero-order valence-corrected chi connectivity index (χ0v) is 11.8. The van der Waals surface area contributed by atoms with E-state index in [1.165, 1.54) is 10.9 Å². The van der Waals surface area contributed by atoms with Gasteiger partial charge >= 0.3 is 12.4 Å². The summed E-state index contributed by atoms with van der Waals surface area (Å²) in [5, 5.41) is 10.1. The first-order valence-electron chi connectivity index (χ1n) is 6.52. The number of rotatable bonds is 4. The van der Waals surface area contributed by atoms with E-state index in [9.17, 15) is 26.3 Å². The summed E-state index contributed by atoms with van der Waals surface area (Å²) in [7, 11) is 0. The average molecular weight is 338 g/mol. The minimum atomic E-state index is -4.86. The van der Waals surface area contributed by atoms with Crippen molar-refractivity contribution >= 4 is 5.82 Å². The van der Waals surface area contributed by atoms with E-state index >= 15 is 0 Å². The minimum absolute atomic E-state index is 0.0941. The van der Waals surface area contributed by atoms with Crippen LogP contribution in [0.3, 0.4) is 0 Å². The second-order valence-corrected chi connectivity index (χ2v) is 4.73. The third-order valence-corrected chi connectivity index (χ3v) is 2.98. The number of nitrogens with one attached hydrogen (secondary N) is 1. The first kappa shape index (κ1) is 17.1. The molecule has 0 fully saturated rings. The predicted molar refractivity (Wildman–Crippen MR) is 69.5 cm³/mol. The number of halogens is 6. The number of hydrogen-bond acceptors (Lipinski definition) is 3. The summed E-state index contributed by atoms with van der Waals surface area (Å²) in [6.07, 6.45) is -8.22. The molecule has 1 aromatic heterocycles. The maximum absolute atomic E-state index is 12.7. The third kappa shape index (κ3) is 4.36. The maximum atomic E-state index is 12.7. The van der Waals surface area contributed by atoms with Crippen LogP contribution in [0.1, 0.15) is 23.6 Å². The fourth-order valence-corrected chi connectivity index (χ4v) is 1.85. The molecule has 126 valence electrons. The van der Waals surface area contributed by atoms with Crippen LogP contribution in [0, 0.1) is 0 Å². The van der Waals surface area contributed by atoms with Crippen LogP contribution >= 0.6 is 0 Å². The Balaban J connectivity index is 2.26. The number of hydrogen-bond donors (Lipinski definition) is 1. The average Bonchev–Trinajstić information content (AvgIpc) is 2.91. The van der Waals surface area contributed by atoms with Crippen LogP contribution in [0.5, 0.6) is 0 Å². The number of aromatic nitrogens is 3. The number of anilines is 1. The van der Waals surface area contributed by atoms with Crippen LogP contribution < -0.4 is 5.32 Å². The Labute approximate surface area is 127 Å². The Hall–Kier alpha value is -2.26. The van der Waals surface area contributed by atoms with Crippen molar-refractivity contribution in [2.45, 2.75) is 32.4 Å². The molecule has 2 aromatic rings. The molecular formula is C13H12F6N4. The van der Waals surface area contributed by atoms with E-state index < -0.39 is 23.5 Å². The normalized spacial score (nSPS) is 12.5. The van der Waals surface area contributed by atoms with E-state index in [0.717, 1.165) is 0 Å². The number of benzene rings is 1. The summed E-state index contributed by atoms with van der Waals surface area (Å²) < 4.78 is 77.9.